The van der Waals surface area contributed by atoms with Crippen LogP contribution in [0.3, 0.4) is 0 Å². The summed E-state index contributed by atoms with van der Waals surface area (Å²) in [6.45, 7) is 1.82. The Labute approximate surface area is 126 Å². The number of fused-ring (bicyclic) bond motifs is 1. The number of carbonyl (C=O) groups is 1. The van der Waals surface area contributed by atoms with E-state index in [-0.39, 0.29) is 17.0 Å². The summed E-state index contributed by atoms with van der Waals surface area (Å²) in [4.78, 5) is 27.6. The molecule has 1 N–H and O–H groups in total. The third kappa shape index (κ3) is 2.65. The predicted molar refractivity (Wildman–Crippen MR) is 77.5 cm³/mol. The van der Waals surface area contributed by atoms with Gasteiger partial charge in [0.25, 0.3) is 5.56 Å². The molecule has 0 aliphatic carbocycles. The number of hydrogen-bond acceptors (Lipinski definition) is 7. The maximum atomic E-state index is 11.7. The number of carboxylic acid groups (broad SMARTS) is 1. The first kappa shape index (κ1) is 13.7. The molecule has 0 aromatic carbocycles. The zero-order valence-corrected chi connectivity index (χ0v) is 12.4. The number of aryl methyl sites for hydroxylation is 1. The lowest BCUT2D eigenvalue weighted by Gasteiger charge is -2.01. The van der Waals surface area contributed by atoms with Crippen LogP contribution in [-0.2, 0) is 6.61 Å². The maximum Gasteiger partial charge on any atom is 0.349 e. The van der Waals surface area contributed by atoms with Gasteiger partial charge in [-0.1, -0.05) is 11.3 Å². The zero-order valence-electron chi connectivity index (χ0n) is 10.8. The molecule has 0 saturated heterocycles. The second-order valence-electron chi connectivity index (χ2n) is 4.13. The molecule has 0 fully saturated rings. The van der Waals surface area contributed by atoms with Crippen molar-refractivity contribution < 1.29 is 14.6 Å². The van der Waals surface area contributed by atoms with Gasteiger partial charge in [-0.25, -0.2) is 9.78 Å². The number of carboxylic acids is 1. The second kappa shape index (κ2) is 5.26. The van der Waals surface area contributed by atoms with E-state index in [1.807, 2.05) is 0 Å². The Kier molecular flexibility index (Phi) is 3.43. The molecule has 0 bridgehead atoms. The molecular formula is C12H9N3O4S2. The van der Waals surface area contributed by atoms with Gasteiger partial charge in [0.15, 0.2) is 9.88 Å². The smallest absolute Gasteiger partial charge is 0.349 e. The minimum atomic E-state index is -1.03. The van der Waals surface area contributed by atoms with Crippen molar-refractivity contribution in [1.82, 2.24) is 14.6 Å². The molecule has 7 nitrogen and oxygen atoms in total. The quantitative estimate of drug-likeness (QED) is 0.787. The number of nitrogens with zero attached hydrogens (tertiary/aromatic N) is 3. The summed E-state index contributed by atoms with van der Waals surface area (Å²) >= 11 is 2.33. The van der Waals surface area contributed by atoms with E-state index >= 15 is 0 Å². The lowest BCUT2D eigenvalue weighted by Crippen LogP contribution is -2.14. The van der Waals surface area contributed by atoms with Crippen molar-refractivity contribution >= 4 is 33.6 Å². The highest BCUT2D eigenvalue weighted by Gasteiger charge is 2.14. The van der Waals surface area contributed by atoms with Crippen molar-refractivity contribution in [3.8, 4) is 5.75 Å². The SMILES string of the molecule is Cc1cc(=O)n2nc(COc3ccsc3C(=O)O)sc2n1. The monoisotopic (exact) mass is 323 g/mol. The van der Waals surface area contributed by atoms with E-state index in [4.69, 9.17) is 9.84 Å². The molecule has 3 aromatic heterocycles. The number of aromatic carboxylic acids is 1. The average Bonchev–Trinajstić information content (AvgIpc) is 3.01. The third-order valence-electron chi connectivity index (χ3n) is 2.59. The van der Waals surface area contributed by atoms with Gasteiger partial charge in [0.2, 0.25) is 4.96 Å². The molecule has 0 spiro atoms. The molecule has 108 valence electrons. The molecule has 0 atom stereocenters. The molecule has 0 radical (unpaired) electrons. The number of aromatic nitrogens is 3. The van der Waals surface area contributed by atoms with Gasteiger partial charge in [-0.05, 0) is 18.4 Å². The van der Waals surface area contributed by atoms with E-state index < -0.39 is 5.97 Å². The van der Waals surface area contributed by atoms with Crippen molar-refractivity contribution in [1.29, 1.82) is 0 Å². The lowest BCUT2D eigenvalue weighted by molar-refractivity contribution is 0.0697. The molecule has 3 heterocycles. The van der Waals surface area contributed by atoms with Gasteiger partial charge in [0.05, 0.1) is 0 Å². The number of rotatable bonds is 4. The van der Waals surface area contributed by atoms with Gasteiger partial charge in [-0.3, -0.25) is 4.79 Å². The van der Waals surface area contributed by atoms with Crippen molar-refractivity contribution in [2.24, 2.45) is 0 Å². The number of thiophene rings is 1. The lowest BCUT2D eigenvalue weighted by atomic mass is 10.4. The predicted octanol–water partition coefficient (Wildman–Crippen LogP) is 1.80. The fraction of sp³-hybridized carbons (Fsp3) is 0.167. The minimum Gasteiger partial charge on any atom is -0.485 e. The standard InChI is InChI=1S/C12H9N3O4S2/c1-6-4-9(16)15-12(13-6)21-8(14-15)5-19-7-2-3-20-10(7)11(17)18/h2-4H,5H2,1H3,(H,17,18). The van der Waals surface area contributed by atoms with Crippen molar-refractivity contribution in [3.05, 3.63) is 43.4 Å². The van der Waals surface area contributed by atoms with Crippen LogP contribution in [0.1, 0.15) is 20.4 Å². The molecule has 21 heavy (non-hydrogen) atoms. The van der Waals surface area contributed by atoms with Gasteiger partial charge in [-0.15, -0.1) is 11.3 Å². The Morgan fingerprint density at radius 3 is 3.10 bits per heavy atom. The van der Waals surface area contributed by atoms with Crippen molar-refractivity contribution in [3.63, 3.8) is 0 Å². The van der Waals surface area contributed by atoms with Gasteiger partial charge < -0.3 is 9.84 Å². The third-order valence-corrected chi connectivity index (χ3v) is 4.36. The van der Waals surface area contributed by atoms with E-state index in [9.17, 15) is 9.59 Å². The molecule has 0 aliphatic heterocycles. The summed E-state index contributed by atoms with van der Waals surface area (Å²) in [6.07, 6.45) is 0. The Morgan fingerprint density at radius 2 is 2.33 bits per heavy atom. The molecule has 3 aromatic rings. The van der Waals surface area contributed by atoms with E-state index in [0.717, 1.165) is 11.3 Å². The van der Waals surface area contributed by atoms with Crippen LogP contribution in [0, 0.1) is 6.92 Å². The largest absolute Gasteiger partial charge is 0.485 e. The first-order chi connectivity index (χ1) is 10.0. The molecule has 0 amide bonds. The summed E-state index contributed by atoms with van der Waals surface area (Å²) < 4.78 is 6.67. The van der Waals surface area contributed by atoms with Gasteiger partial charge in [-0.2, -0.15) is 9.61 Å². The van der Waals surface area contributed by atoms with Crippen molar-refractivity contribution in [2.45, 2.75) is 13.5 Å². The van der Waals surface area contributed by atoms with Crippen LogP contribution in [0.15, 0.2) is 22.3 Å². The molecule has 3 rings (SSSR count). The van der Waals surface area contributed by atoms with E-state index in [2.05, 4.69) is 10.1 Å². The summed E-state index contributed by atoms with van der Waals surface area (Å²) in [6, 6.07) is 2.99. The first-order valence-corrected chi connectivity index (χ1v) is 7.54. The second-order valence-corrected chi connectivity index (χ2v) is 6.09. The van der Waals surface area contributed by atoms with Crippen LogP contribution < -0.4 is 10.3 Å². The van der Waals surface area contributed by atoms with Gasteiger partial charge >= 0.3 is 5.97 Å². The summed E-state index contributed by atoms with van der Waals surface area (Å²) in [5, 5.41) is 15.3. The van der Waals surface area contributed by atoms with Crippen LogP contribution >= 0.6 is 22.7 Å². The molecule has 0 saturated carbocycles. The normalized spacial score (nSPS) is 10.9. The van der Waals surface area contributed by atoms with Crippen LogP contribution in [0.5, 0.6) is 5.75 Å². The average molecular weight is 323 g/mol. The Hall–Kier alpha value is -2.26. The molecule has 9 heteroatoms. The summed E-state index contributed by atoms with van der Waals surface area (Å²) in [5.74, 6) is -0.735. The van der Waals surface area contributed by atoms with E-state index in [1.165, 1.54) is 21.9 Å². The van der Waals surface area contributed by atoms with E-state index in [0.29, 0.717) is 21.4 Å². The fourth-order valence-corrected chi connectivity index (χ4v) is 3.25. The fourth-order valence-electron chi connectivity index (χ4n) is 1.72. The highest BCUT2D eigenvalue weighted by Crippen LogP contribution is 2.26. The Balaban J connectivity index is 1.85. The van der Waals surface area contributed by atoms with Crippen LogP contribution in [-0.4, -0.2) is 25.7 Å². The number of ether oxygens (including phenoxy) is 1. The maximum absolute atomic E-state index is 11.7. The topological polar surface area (TPSA) is 93.8 Å². The van der Waals surface area contributed by atoms with E-state index in [1.54, 1.807) is 18.4 Å². The number of hydrogen-bond donors (Lipinski definition) is 1. The zero-order chi connectivity index (χ0) is 15.0. The van der Waals surface area contributed by atoms with Gasteiger partial charge in [0, 0.05) is 11.8 Å². The molecule has 0 unspecified atom stereocenters. The highest BCUT2D eigenvalue weighted by atomic mass is 32.1. The van der Waals surface area contributed by atoms with Gasteiger partial charge in [0.1, 0.15) is 12.4 Å². The Morgan fingerprint density at radius 1 is 1.52 bits per heavy atom. The van der Waals surface area contributed by atoms with Crippen LogP contribution in [0.2, 0.25) is 0 Å². The summed E-state index contributed by atoms with van der Waals surface area (Å²) in [7, 11) is 0. The highest BCUT2D eigenvalue weighted by molar-refractivity contribution is 7.16. The van der Waals surface area contributed by atoms with Crippen LogP contribution in [0.4, 0.5) is 0 Å². The Bertz CT molecular complexity index is 880. The molecule has 0 aliphatic rings. The summed E-state index contributed by atoms with van der Waals surface area (Å²) in [5.41, 5.74) is 0.379. The first-order valence-electron chi connectivity index (χ1n) is 5.84. The van der Waals surface area contributed by atoms with Crippen LogP contribution in [0.25, 0.3) is 4.96 Å². The minimum absolute atomic E-state index is 0.0868. The van der Waals surface area contributed by atoms with Crippen molar-refractivity contribution in [2.75, 3.05) is 0 Å². The molecular weight excluding hydrogens is 314 g/mol.